The first-order valence-corrected chi connectivity index (χ1v) is 6.64. The van der Waals surface area contributed by atoms with Crippen LogP contribution in [0, 0.1) is 0 Å². The molecule has 1 unspecified atom stereocenters. The molecule has 84 valence electrons. The zero-order chi connectivity index (χ0) is 11.1. The molecule has 0 spiro atoms. The quantitative estimate of drug-likeness (QED) is 0.672. The summed E-state index contributed by atoms with van der Waals surface area (Å²) >= 11 is 0. The molecule has 15 heavy (non-hydrogen) atoms. The standard InChI is InChI=1S/C13H21OP/c1-4-7-11-9-6-10-13(15-14-3)12(11)8-5-2/h6,9-10,15H,4-5,7-8H2,1-3H3. The molecule has 2 heteroatoms. The van der Waals surface area contributed by atoms with E-state index in [1.807, 2.05) is 0 Å². The second-order valence-electron chi connectivity index (χ2n) is 3.75. The van der Waals surface area contributed by atoms with Crippen molar-refractivity contribution >= 4 is 14.1 Å². The molecule has 0 aliphatic heterocycles. The van der Waals surface area contributed by atoms with Gasteiger partial charge in [-0.3, -0.25) is 0 Å². The molecule has 0 aromatic heterocycles. The van der Waals surface area contributed by atoms with E-state index in [-0.39, 0.29) is 0 Å². The van der Waals surface area contributed by atoms with Gasteiger partial charge < -0.3 is 4.52 Å². The molecule has 0 saturated heterocycles. The first-order chi connectivity index (χ1) is 7.33. The monoisotopic (exact) mass is 224 g/mol. The predicted molar refractivity (Wildman–Crippen MR) is 69.4 cm³/mol. The van der Waals surface area contributed by atoms with Gasteiger partial charge >= 0.3 is 0 Å². The summed E-state index contributed by atoms with van der Waals surface area (Å²) in [4.78, 5) is 0. The van der Waals surface area contributed by atoms with Crippen molar-refractivity contribution in [1.29, 1.82) is 0 Å². The highest BCUT2D eigenvalue weighted by molar-refractivity contribution is 7.42. The van der Waals surface area contributed by atoms with Crippen molar-refractivity contribution in [3.63, 3.8) is 0 Å². The van der Waals surface area contributed by atoms with Crippen LogP contribution in [0.5, 0.6) is 0 Å². The lowest BCUT2D eigenvalue weighted by atomic mass is 10.00. The van der Waals surface area contributed by atoms with Gasteiger partial charge in [-0.25, -0.2) is 0 Å². The molecule has 0 saturated carbocycles. The van der Waals surface area contributed by atoms with Crippen LogP contribution in [-0.2, 0) is 17.4 Å². The minimum atomic E-state index is 0.497. The summed E-state index contributed by atoms with van der Waals surface area (Å²) in [6.45, 7) is 4.48. The minimum absolute atomic E-state index is 0.497. The summed E-state index contributed by atoms with van der Waals surface area (Å²) in [6.07, 6.45) is 4.80. The Morgan fingerprint density at radius 2 is 1.87 bits per heavy atom. The highest BCUT2D eigenvalue weighted by Gasteiger charge is 2.06. The van der Waals surface area contributed by atoms with Crippen molar-refractivity contribution < 1.29 is 4.52 Å². The summed E-state index contributed by atoms with van der Waals surface area (Å²) in [6, 6.07) is 6.62. The van der Waals surface area contributed by atoms with E-state index in [2.05, 4.69) is 32.0 Å². The molecule has 0 radical (unpaired) electrons. The molecule has 0 bridgehead atoms. The molecule has 0 heterocycles. The molecule has 0 fully saturated rings. The Labute approximate surface area is 95.1 Å². The minimum Gasteiger partial charge on any atom is -0.361 e. The van der Waals surface area contributed by atoms with Gasteiger partial charge in [0.2, 0.25) is 0 Å². The second kappa shape index (κ2) is 6.98. The van der Waals surface area contributed by atoms with Crippen LogP contribution >= 0.6 is 8.81 Å². The van der Waals surface area contributed by atoms with Gasteiger partial charge in [0.05, 0.1) is 0 Å². The smallest absolute Gasteiger partial charge is 0.0459 e. The van der Waals surface area contributed by atoms with E-state index in [4.69, 9.17) is 4.52 Å². The topological polar surface area (TPSA) is 9.23 Å². The maximum atomic E-state index is 5.28. The van der Waals surface area contributed by atoms with Crippen molar-refractivity contribution in [2.75, 3.05) is 7.11 Å². The molecule has 1 atom stereocenters. The highest BCUT2D eigenvalue weighted by Crippen LogP contribution is 2.19. The number of rotatable bonds is 6. The Hall–Kier alpha value is -0.390. The van der Waals surface area contributed by atoms with Gasteiger partial charge in [0, 0.05) is 21.2 Å². The van der Waals surface area contributed by atoms with Crippen molar-refractivity contribution in [2.45, 2.75) is 39.5 Å². The average molecular weight is 224 g/mol. The van der Waals surface area contributed by atoms with Gasteiger partial charge in [0.25, 0.3) is 0 Å². The summed E-state index contributed by atoms with van der Waals surface area (Å²) in [5.41, 5.74) is 3.04. The van der Waals surface area contributed by atoms with E-state index in [0.29, 0.717) is 8.81 Å². The van der Waals surface area contributed by atoms with E-state index in [0.717, 1.165) is 0 Å². The first kappa shape index (κ1) is 12.7. The van der Waals surface area contributed by atoms with Gasteiger partial charge in [0.1, 0.15) is 0 Å². The lowest BCUT2D eigenvalue weighted by molar-refractivity contribution is 0.481. The SMILES string of the molecule is CCCc1cccc(POC)c1CCC. The van der Waals surface area contributed by atoms with Crippen LogP contribution in [0.15, 0.2) is 18.2 Å². The molecule has 0 aliphatic carbocycles. The lowest BCUT2D eigenvalue weighted by Gasteiger charge is -2.13. The number of hydrogen-bond acceptors (Lipinski definition) is 1. The Balaban J connectivity index is 2.97. The summed E-state index contributed by atoms with van der Waals surface area (Å²) in [5.74, 6) is 0. The van der Waals surface area contributed by atoms with E-state index in [9.17, 15) is 0 Å². The fourth-order valence-electron chi connectivity index (χ4n) is 1.89. The Bertz CT molecular complexity index is 272. The van der Waals surface area contributed by atoms with E-state index >= 15 is 0 Å². The Morgan fingerprint density at radius 3 is 2.47 bits per heavy atom. The van der Waals surface area contributed by atoms with Crippen LogP contribution in [0.25, 0.3) is 0 Å². The van der Waals surface area contributed by atoms with Crippen LogP contribution in [0.1, 0.15) is 37.8 Å². The van der Waals surface area contributed by atoms with Gasteiger partial charge in [-0.2, -0.15) is 0 Å². The zero-order valence-electron chi connectivity index (χ0n) is 9.97. The molecule has 1 rings (SSSR count). The van der Waals surface area contributed by atoms with E-state index in [1.165, 1.54) is 42.1 Å². The summed E-state index contributed by atoms with van der Waals surface area (Å²) in [5, 5.41) is 1.39. The van der Waals surface area contributed by atoms with Crippen LogP contribution in [0.4, 0.5) is 0 Å². The molecular formula is C13H21OP. The molecule has 0 amide bonds. The molecular weight excluding hydrogens is 203 g/mol. The third-order valence-corrected chi connectivity index (χ3v) is 3.40. The van der Waals surface area contributed by atoms with Gasteiger partial charge in [-0.1, -0.05) is 44.9 Å². The van der Waals surface area contributed by atoms with Gasteiger partial charge in [-0.15, -0.1) is 0 Å². The average Bonchev–Trinajstić information content (AvgIpc) is 2.23. The van der Waals surface area contributed by atoms with Gasteiger partial charge in [0.15, 0.2) is 0 Å². The van der Waals surface area contributed by atoms with Crippen LogP contribution in [0.2, 0.25) is 0 Å². The second-order valence-corrected chi connectivity index (χ2v) is 4.90. The molecule has 0 aliphatic rings. The summed E-state index contributed by atoms with van der Waals surface area (Å²) < 4.78 is 5.28. The largest absolute Gasteiger partial charge is 0.361 e. The van der Waals surface area contributed by atoms with Gasteiger partial charge in [-0.05, 0) is 24.0 Å². The van der Waals surface area contributed by atoms with Crippen LogP contribution in [0.3, 0.4) is 0 Å². The van der Waals surface area contributed by atoms with Crippen LogP contribution in [-0.4, -0.2) is 7.11 Å². The highest BCUT2D eigenvalue weighted by atomic mass is 31.1. The van der Waals surface area contributed by atoms with E-state index < -0.39 is 0 Å². The van der Waals surface area contributed by atoms with Crippen molar-refractivity contribution in [1.82, 2.24) is 0 Å². The van der Waals surface area contributed by atoms with E-state index in [1.54, 1.807) is 7.11 Å². The summed E-state index contributed by atoms with van der Waals surface area (Å²) in [7, 11) is 2.28. The van der Waals surface area contributed by atoms with Crippen molar-refractivity contribution in [3.05, 3.63) is 29.3 Å². The van der Waals surface area contributed by atoms with Crippen LogP contribution < -0.4 is 5.30 Å². The lowest BCUT2D eigenvalue weighted by Crippen LogP contribution is -2.08. The van der Waals surface area contributed by atoms with Crippen molar-refractivity contribution in [3.8, 4) is 0 Å². The van der Waals surface area contributed by atoms with Crippen molar-refractivity contribution in [2.24, 2.45) is 0 Å². The maximum absolute atomic E-state index is 5.28. The Kier molecular flexibility index (Phi) is 5.90. The molecule has 1 nitrogen and oxygen atoms in total. The fraction of sp³-hybridized carbons (Fsp3) is 0.538. The first-order valence-electron chi connectivity index (χ1n) is 5.73. The molecule has 1 aromatic carbocycles. The number of benzene rings is 1. The number of hydrogen-bond donors (Lipinski definition) is 0. The normalized spacial score (nSPS) is 11.4. The zero-order valence-corrected chi connectivity index (χ0v) is 11.0. The maximum Gasteiger partial charge on any atom is 0.0459 e. The fourth-order valence-corrected chi connectivity index (χ4v) is 2.68. The predicted octanol–water partition coefficient (Wildman–Crippen LogP) is 3.46. The number of aryl methyl sites for hydroxylation is 1. The third kappa shape index (κ3) is 3.59. The Morgan fingerprint density at radius 1 is 1.13 bits per heavy atom. The molecule has 0 N–H and O–H groups in total. The third-order valence-electron chi connectivity index (χ3n) is 2.50. The molecule has 1 aromatic rings.